The third-order valence-corrected chi connectivity index (χ3v) is 6.57. The summed E-state index contributed by atoms with van der Waals surface area (Å²) >= 11 is 5.76. The molecule has 0 radical (unpaired) electrons. The number of aryl methyl sites for hydroxylation is 1. The number of thiocarbonyl (C=S) groups is 1. The lowest BCUT2D eigenvalue weighted by atomic mass is 9.92. The molecule has 2 aliphatic heterocycles. The molecule has 2 fully saturated rings. The van der Waals surface area contributed by atoms with E-state index in [4.69, 9.17) is 17.0 Å². The van der Waals surface area contributed by atoms with Crippen molar-refractivity contribution >= 4 is 40.6 Å². The maximum Gasteiger partial charge on any atom is 0.338 e. The molecule has 1 amide bonds. The molecular weight excluding hydrogens is 445 g/mol. The van der Waals surface area contributed by atoms with Gasteiger partial charge in [0.05, 0.1) is 35.2 Å². The number of amides is 1. The van der Waals surface area contributed by atoms with Gasteiger partial charge in [-0.1, -0.05) is 13.8 Å². The normalized spacial score (nSPS) is 20.2. The first-order valence-electron chi connectivity index (χ1n) is 10.5. The second-order valence-electron chi connectivity index (χ2n) is 8.52. The summed E-state index contributed by atoms with van der Waals surface area (Å²) in [6, 6.07) is 9.81. The predicted octanol–water partition coefficient (Wildman–Crippen LogP) is 4.12. The number of carbonyl (C=O) groups excluding carboxylic acids is 1. The van der Waals surface area contributed by atoms with Crippen LogP contribution in [0.2, 0.25) is 0 Å². The van der Waals surface area contributed by atoms with Crippen LogP contribution in [0.4, 0.5) is 15.8 Å². The first kappa shape index (κ1) is 22.8. The van der Waals surface area contributed by atoms with Crippen molar-refractivity contribution in [1.82, 2.24) is 0 Å². The summed E-state index contributed by atoms with van der Waals surface area (Å²) in [6.07, 6.45) is 0.345. The van der Waals surface area contributed by atoms with Gasteiger partial charge < -0.3 is 14.7 Å². The quantitative estimate of drug-likeness (QED) is 0.676. The third-order valence-electron chi connectivity index (χ3n) is 6.21. The van der Waals surface area contributed by atoms with E-state index in [1.165, 1.54) is 17.0 Å². The Balaban J connectivity index is 1.92. The zero-order chi connectivity index (χ0) is 24.1. The predicted molar refractivity (Wildman–Crippen MR) is 124 cm³/mol. The maximum atomic E-state index is 15.3. The van der Waals surface area contributed by atoms with E-state index >= 15 is 4.39 Å². The van der Waals surface area contributed by atoms with Gasteiger partial charge in [-0.3, -0.25) is 9.69 Å². The van der Waals surface area contributed by atoms with E-state index < -0.39 is 22.9 Å². The number of halogens is 1. The summed E-state index contributed by atoms with van der Waals surface area (Å²) in [4.78, 5) is 28.3. The lowest BCUT2D eigenvalue weighted by Gasteiger charge is -2.33. The Morgan fingerprint density at radius 1 is 1.33 bits per heavy atom. The molecule has 0 bridgehead atoms. The van der Waals surface area contributed by atoms with Gasteiger partial charge >= 0.3 is 5.97 Å². The molecule has 9 heteroatoms. The Bertz CT molecular complexity index is 1230. The minimum atomic E-state index is -1.37. The summed E-state index contributed by atoms with van der Waals surface area (Å²) in [5, 5.41) is 18.8. The molecule has 2 aromatic carbocycles. The van der Waals surface area contributed by atoms with Crippen molar-refractivity contribution in [2.24, 2.45) is 0 Å². The first-order chi connectivity index (χ1) is 15.6. The monoisotopic (exact) mass is 467 g/mol. The van der Waals surface area contributed by atoms with Gasteiger partial charge in [0, 0.05) is 18.6 Å². The molecule has 0 aliphatic carbocycles. The van der Waals surface area contributed by atoms with E-state index in [0.717, 1.165) is 0 Å². The van der Waals surface area contributed by atoms with E-state index in [2.05, 4.69) is 6.07 Å². The fourth-order valence-electron chi connectivity index (χ4n) is 4.54. The number of nitrogens with zero attached hydrogens (tertiary/aromatic N) is 3. The molecule has 1 spiro atoms. The summed E-state index contributed by atoms with van der Waals surface area (Å²) in [6.45, 7) is 5.69. The highest BCUT2D eigenvalue weighted by Gasteiger charge is 2.59. The zero-order valence-corrected chi connectivity index (χ0v) is 19.2. The lowest BCUT2D eigenvalue weighted by Crippen LogP contribution is -2.51. The molecular formula is C24H22FN3O4S. The summed E-state index contributed by atoms with van der Waals surface area (Å²) in [5.41, 5.74) is 0.610. The fourth-order valence-corrected chi connectivity index (χ4v) is 5.00. The molecule has 2 heterocycles. The van der Waals surface area contributed by atoms with Crippen LogP contribution in [0.5, 0.6) is 0 Å². The number of carbonyl (C=O) groups is 2. The highest BCUT2D eigenvalue weighted by Crippen LogP contribution is 2.44. The van der Waals surface area contributed by atoms with Crippen LogP contribution in [0.1, 0.15) is 53.2 Å². The molecule has 0 saturated carbocycles. The molecule has 33 heavy (non-hydrogen) atoms. The third kappa shape index (κ3) is 3.37. The molecule has 0 aromatic heterocycles. The number of nitriles is 1. The van der Waals surface area contributed by atoms with Crippen LogP contribution in [0.3, 0.4) is 0 Å². The Morgan fingerprint density at radius 3 is 2.61 bits per heavy atom. The number of hydrogen-bond acceptors (Lipinski definition) is 5. The smallest absolute Gasteiger partial charge is 0.338 e. The Labute approximate surface area is 196 Å². The van der Waals surface area contributed by atoms with E-state index in [9.17, 15) is 20.0 Å². The number of aromatic carboxylic acids is 1. The lowest BCUT2D eigenvalue weighted by molar-refractivity contribution is -0.121. The summed E-state index contributed by atoms with van der Waals surface area (Å²) in [5.74, 6) is -2.88. The zero-order valence-electron chi connectivity index (χ0n) is 18.4. The number of carboxylic acids is 1. The highest BCUT2D eigenvalue weighted by atomic mass is 32.1. The van der Waals surface area contributed by atoms with Crippen molar-refractivity contribution < 1.29 is 23.8 Å². The fraction of sp³-hybridized carbons (Fsp3) is 0.333. The van der Waals surface area contributed by atoms with E-state index in [-0.39, 0.29) is 29.1 Å². The molecule has 170 valence electrons. The highest BCUT2D eigenvalue weighted by molar-refractivity contribution is 7.81. The Kier molecular flexibility index (Phi) is 5.68. The number of hydrogen-bond donors (Lipinski definition) is 1. The average molecular weight is 468 g/mol. The first-order valence-corrected chi connectivity index (χ1v) is 10.9. The van der Waals surface area contributed by atoms with Crippen molar-refractivity contribution in [2.75, 3.05) is 23.0 Å². The van der Waals surface area contributed by atoms with Gasteiger partial charge in [-0.2, -0.15) is 5.26 Å². The SMILES string of the molecule is Cc1cc(N2C(=O)C3(CCOC3)N(c3ccc(C(=O)O)c(F)c3C(C)C)C2=S)ccc1C#N. The molecule has 1 N–H and O–H groups in total. The number of rotatable bonds is 4. The van der Waals surface area contributed by atoms with Crippen LogP contribution in [-0.4, -0.2) is 40.8 Å². The number of carboxylic acid groups (broad SMARTS) is 1. The van der Waals surface area contributed by atoms with E-state index in [1.54, 1.807) is 43.9 Å². The van der Waals surface area contributed by atoms with Crippen molar-refractivity contribution in [3.8, 4) is 6.07 Å². The Hall–Kier alpha value is -3.35. The number of anilines is 2. The van der Waals surface area contributed by atoms with Gasteiger partial charge in [-0.25, -0.2) is 9.18 Å². The van der Waals surface area contributed by atoms with Gasteiger partial charge in [-0.15, -0.1) is 0 Å². The van der Waals surface area contributed by atoms with Crippen LogP contribution >= 0.6 is 12.2 Å². The van der Waals surface area contributed by atoms with E-state index in [0.29, 0.717) is 35.5 Å². The van der Waals surface area contributed by atoms with E-state index in [1.807, 2.05) is 0 Å². The molecule has 2 aliphatic rings. The molecule has 2 aromatic rings. The van der Waals surface area contributed by atoms with Crippen molar-refractivity contribution in [3.05, 3.63) is 58.4 Å². The largest absolute Gasteiger partial charge is 0.478 e. The van der Waals surface area contributed by atoms with Crippen molar-refractivity contribution in [1.29, 1.82) is 5.26 Å². The number of ether oxygens (including phenoxy) is 1. The van der Waals surface area contributed by atoms with Crippen LogP contribution in [0.15, 0.2) is 30.3 Å². The van der Waals surface area contributed by atoms with Crippen molar-refractivity contribution in [2.45, 2.75) is 38.6 Å². The standard InChI is InChI=1S/C24H22FN3O4S/c1-13(2)19-18(7-6-17(20(19)25)21(29)30)28-23(33)27(22(31)24(28)8-9-32-12-24)16-5-4-15(11-26)14(3)10-16/h4-7,10,13H,8-9,12H2,1-3H3,(H,29,30). The second kappa shape index (κ2) is 8.21. The van der Waals surface area contributed by atoms with Crippen molar-refractivity contribution in [3.63, 3.8) is 0 Å². The van der Waals surface area contributed by atoms with Gasteiger partial charge in [0.15, 0.2) is 10.7 Å². The molecule has 1 atom stereocenters. The van der Waals surface area contributed by atoms with Crippen LogP contribution in [-0.2, 0) is 9.53 Å². The minimum absolute atomic E-state index is 0.0670. The maximum absolute atomic E-state index is 15.3. The average Bonchev–Trinajstić information content (AvgIpc) is 3.31. The Morgan fingerprint density at radius 2 is 2.06 bits per heavy atom. The summed E-state index contributed by atoms with van der Waals surface area (Å²) in [7, 11) is 0. The molecule has 4 rings (SSSR count). The molecule has 2 saturated heterocycles. The van der Waals surface area contributed by atoms with Gasteiger partial charge in [-0.05, 0) is 61.0 Å². The van der Waals surface area contributed by atoms with Gasteiger partial charge in [0.2, 0.25) is 0 Å². The molecule has 1 unspecified atom stereocenters. The minimum Gasteiger partial charge on any atom is -0.478 e. The van der Waals surface area contributed by atoms with Crippen LogP contribution < -0.4 is 9.80 Å². The topological polar surface area (TPSA) is 93.9 Å². The molecule has 7 nitrogen and oxygen atoms in total. The number of benzene rings is 2. The van der Waals surface area contributed by atoms with Crippen LogP contribution in [0.25, 0.3) is 0 Å². The second-order valence-corrected chi connectivity index (χ2v) is 8.89. The summed E-state index contributed by atoms with van der Waals surface area (Å²) < 4.78 is 20.9. The van der Waals surface area contributed by atoms with Gasteiger partial charge in [0.1, 0.15) is 5.82 Å². The van der Waals surface area contributed by atoms with Crippen LogP contribution in [0, 0.1) is 24.1 Å². The van der Waals surface area contributed by atoms with Gasteiger partial charge in [0.25, 0.3) is 5.91 Å².